The van der Waals surface area contributed by atoms with Crippen LogP contribution >= 0.6 is 54.5 Å². The minimum Gasteiger partial charge on any atom is -0.147 e. The number of halogens is 2. The van der Waals surface area contributed by atoms with Gasteiger partial charge in [0.2, 0.25) is 0 Å². The summed E-state index contributed by atoms with van der Waals surface area (Å²) >= 11 is 10.8. The Kier molecular flexibility index (Phi) is 3.24. The highest BCUT2D eigenvalue weighted by Crippen LogP contribution is 2.40. The van der Waals surface area contributed by atoms with Gasteiger partial charge in [-0.05, 0) is 38.8 Å². The maximum atomic E-state index is 3.69. The monoisotopic (exact) mass is 336 g/mol. The van der Waals surface area contributed by atoms with Gasteiger partial charge in [-0.2, -0.15) is 0 Å². The van der Waals surface area contributed by atoms with Gasteiger partial charge in [-0.1, -0.05) is 22.0 Å². The van der Waals surface area contributed by atoms with E-state index >= 15 is 0 Å². The third kappa shape index (κ3) is 2.06. The number of hydrogen-bond acceptors (Lipinski definition) is 2. The zero-order valence-electron chi connectivity index (χ0n) is 6.54. The van der Waals surface area contributed by atoms with Gasteiger partial charge < -0.3 is 0 Å². The molecule has 2 aromatic rings. The van der Waals surface area contributed by atoms with E-state index in [1.807, 2.05) is 0 Å². The second kappa shape index (κ2) is 4.26. The van der Waals surface area contributed by atoms with Crippen molar-refractivity contribution in [1.82, 2.24) is 0 Å². The Morgan fingerprint density at radius 1 is 1.15 bits per heavy atom. The predicted molar refractivity (Wildman–Crippen MR) is 67.1 cm³/mol. The molecule has 13 heavy (non-hydrogen) atoms. The van der Waals surface area contributed by atoms with Crippen LogP contribution < -0.4 is 0 Å². The predicted octanol–water partition coefficient (Wildman–Crippen LogP) is 5.06. The third-order valence-electron chi connectivity index (χ3n) is 1.67. The van der Waals surface area contributed by atoms with Crippen LogP contribution in [0.3, 0.4) is 0 Å². The van der Waals surface area contributed by atoms with Gasteiger partial charge in [-0.25, -0.2) is 0 Å². The number of alkyl halides is 1. The third-order valence-corrected chi connectivity index (χ3v) is 6.10. The smallest absolute Gasteiger partial charge is 0.0842 e. The van der Waals surface area contributed by atoms with Gasteiger partial charge in [0.15, 0.2) is 0 Å². The van der Waals surface area contributed by atoms with Gasteiger partial charge in [0.1, 0.15) is 0 Å². The van der Waals surface area contributed by atoms with Crippen LogP contribution in [0.4, 0.5) is 0 Å². The number of rotatable bonds is 2. The molecule has 0 aliphatic carbocycles. The first-order valence-electron chi connectivity index (χ1n) is 3.69. The molecule has 1 unspecified atom stereocenters. The zero-order chi connectivity index (χ0) is 9.26. The lowest BCUT2D eigenvalue weighted by Crippen LogP contribution is -1.84. The normalized spacial score (nSPS) is 13.1. The molecule has 0 nitrogen and oxygen atoms in total. The standard InChI is InChI=1S/C9H6Br2S2/c10-6-3-5-13-9(6)8(11)7-2-1-4-12-7/h1-5,8H. The molecule has 0 bridgehead atoms. The van der Waals surface area contributed by atoms with Crippen molar-refractivity contribution >= 4 is 54.5 Å². The summed E-state index contributed by atoms with van der Waals surface area (Å²) in [6.07, 6.45) is 0. The Balaban J connectivity index is 2.33. The lowest BCUT2D eigenvalue weighted by atomic mass is 10.3. The van der Waals surface area contributed by atoms with Crippen molar-refractivity contribution < 1.29 is 0 Å². The van der Waals surface area contributed by atoms with Crippen molar-refractivity contribution in [3.63, 3.8) is 0 Å². The van der Waals surface area contributed by atoms with Gasteiger partial charge >= 0.3 is 0 Å². The van der Waals surface area contributed by atoms with Crippen molar-refractivity contribution in [2.45, 2.75) is 4.83 Å². The molecular weight excluding hydrogens is 332 g/mol. The Morgan fingerprint density at radius 3 is 2.54 bits per heavy atom. The van der Waals surface area contributed by atoms with Gasteiger partial charge in [-0.3, -0.25) is 0 Å². The number of hydrogen-bond donors (Lipinski definition) is 0. The minimum atomic E-state index is 0.335. The molecule has 0 saturated carbocycles. The van der Waals surface area contributed by atoms with Crippen LogP contribution in [0.25, 0.3) is 0 Å². The molecule has 4 heteroatoms. The summed E-state index contributed by atoms with van der Waals surface area (Å²) in [6, 6.07) is 6.31. The van der Waals surface area contributed by atoms with Gasteiger partial charge in [0, 0.05) is 14.2 Å². The van der Waals surface area contributed by atoms with Crippen molar-refractivity contribution in [3.05, 3.63) is 43.2 Å². The fourth-order valence-corrected chi connectivity index (χ4v) is 4.78. The molecule has 2 rings (SSSR count). The van der Waals surface area contributed by atoms with Crippen molar-refractivity contribution in [1.29, 1.82) is 0 Å². The minimum absolute atomic E-state index is 0.335. The summed E-state index contributed by atoms with van der Waals surface area (Å²) < 4.78 is 1.19. The van der Waals surface area contributed by atoms with Crippen LogP contribution in [0.1, 0.15) is 14.6 Å². The first kappa shape index (κ1) is 9.90. The summed E-state index contributed by atoms with van der Waals surface area (Å²) in [4.78, 5) is 3.02. The fraction of sp³-hybridized carbons (Fsp3) is 0.111. The molecule has 0 aromatic carbocycles. The van der Waals surface area contributed by atoms with E-state index < -0.39 is 0 Å². The van der Waals surface area contributed by atoms with Crippen LogP contribution in [-0.2, 0) is 0 Å². The van der Waals surface area contributed by atoms with Gasteiger partial charge in [0.05, 0.1) is 4.83 Å². The van der Waals surface area contributed by atoms with Crippen LogP contribution in [-0.4, -0.2) is 0 Å². The molecule has 2 heterocycles. The maximum Gasteiger partial charge on any atom is 0.0842 e. The first-order valence-corrected chi connectivity index (χ1v) is 7.16. The Hall–Kier alpha value is 0.360. The number of thiophene rings is 2. The van der Waals surface area contributed by atoms with Crippen molar-refractivity contribution in [3.8, 4) is 0 Å². The summed E-state index contributed by atoms with van der Waals surface area (Å²) in [5, 5.41) is 4.20. The molecular formula is C9H6Br2S2. The average molecular weight is 338 g/mol. The summed E-state index contributed by atoms with van der Waals surface area (Å²) in [5.74, 6) is 0. The molecule has 0 N–H and O–H groups in total. The lowest BCUT2D eigenvalue weighted by Gasteiger charge is -2.04. The molecule has 0 aliphatic rings. The molecule has 0 radical (unpaired) electrons. The SMILES string of the molecule is Brc1ccsc1C(Br)c1cccs1. The molecule has 68 valence electrons. The fourth-order valence-electron chi connectivity index (χ4n) is 1.05. The van der Waals surface area contributed by atoms with E-state index in [0.29, 0.717) is 4.83 Å². The molecule has 0 amide bonds. The Bertz CT molecular complexity index is 378. The lowest BCUT2D eigenvalue weighted by molar-refractivity contribution is 1.27. The van der Waals surface area contributed by atoms with Crippen LogP contribution in [0, 0.1) is 0 Å². The van der Waals surface area contributed by atoms with Crippen LogP contribution in [0.15, 0.2) is 33.4 Å². The highest BCUT2D eigenvalue weighted by molar-refractivity contribution is 9.11. The first-order chi connectivity index (χ1) is 6.29. The van der Waals surface area contributed by atoms with E-state index in [9.17, 15) is 0 Å². The second-order valence-electron chi connectivity index (χ2n) is 2.51. The van der Waals surface area contributed by atoms with Gasteiger partial charge in [-0.15, -0.1) is 22.7 Å². The van der Waals surface area contributed by atoms with Crippen LogP contribution in [0.5, 0.6) is 0 Å². The Labute approximate surface area is 102 Å². The quantitative estimate of drug-likeness (QED) is 0.672. The van der Waals surface area contributed by atoms with E-state index in [-0.39, 0.29) is 0 Å². The highest BCUT2D eigenvalue weighted by Gasteiger charge is 2.15. The van der Waals surface area contributed by atoms with E-state index in [1.165, 1.54) is 14.2 Å². The maximum absolute atomic E-state index is 3.69. The average Bonchev–Trinajstić information content (AvgIpc) is 2.72. The molecule has 1 atom stereocenters. The largest absolute Gasteiger partial charge is 0.147 e. The van der Waals surface area contributed by atoms with Crippen LogP contribution in [0.2, 0.25) is 0 Å². The summed E-state index contributed by atoms with van der Waals surface area (Å²) in [7, 11) is 0. The second-order valence-corrected chi connectivity index (χ2v) is 6.21. The summed E-state index contributed by atoms with van der Waals surface area (Å²) in [6.45, 7) is 0. The van der Waals surface area contributed by atoms with E-state index in [1.54, 1.807) is 22.7 Å². The zero-order valence-corrected chi connectivity index (χ0v) is 11.3. The van der Waals surface area contributed by atoms with E-state index in [4.69, 9.17) is 0 Å². The van der Waals surface area contributed by atoms with E-state index in [2.05, 4.69) is 60.8 Å². The Morgan fingerprint density at radius 2 is 2.00 bits per heavy atom. The topological polar surface area (TPSA) is 0 Å². The molecule has 0 aliphatic heterocycles. The van der Waals surface area contributed by atoms with Crippen molar-refractivity contribution in [2.75, 3.05) is 0 Å². The molecule has 0 saturated heterocycles. The molecule has 2 aromatic heterocycles. The van der Waals surface area contributed by atoms with E-state index in [0.717, 1.165) is 0 Å². The molecule has 0 fully saturated rings. The molecule has 0 spiro atoms. The summed E-state index contributed by atoms with van der Waals surface area (Å²) in [5.41, 5.74) is 0. The highest BCUT2D eigenvalue weighted by atomic mass is 79.9. The van der Waals surface area contributed by atoms with Crippen molar-refractivity contribution in [2.24, 2.45) is 0 Å². The van der Waals surface area contributed by atoms with Gasteiger partial charge in [0.25, 0.3) is 0 Å².